The molecule has 162 valence electrons. The Balaban J connectivity index is 1.78. The van der Waals surface area contributed by atoms with Crippen LogP contribution in [0, 0.1) is 0 Å². The molecule has 9 heteroatoms. The van der Waals surface area contributed by atoms with Gasteiger partial charge in [0.15, 0.2) is 6.61 Å². The first-order valence-corrected chi connectivity index (χ1v) is 11.9. The topological polar surface area (TPSA) is 76.7 Å². The van der Waals surface area contributed by atoms with Gasteiger partial charge < -0.3 is 9.47 Å². The lowest BCUT2D eigenvalue weighted by Gasteiger charge is -2.11. The highest BCUT2D eigenvalue weighted by Gasteiger charge is 2.11. The minimum absolute atomic E-state index is 0.241. The van der Waals surface area contributed by atoms with Crippen LogP contribution in [0.4, 0.5) is 0 Å². The molecule has 0 fully saturated rings. The van der Waals surface area contributed by atoms with Gasteiger partial charge in [0, 0.05) is 10.0 Å². The molecule has 0 spiro atoms. The fourth-order valence-corrected chi connectivity index (χ4v) is 4.10. The van der Waals surface area contributed by atoms with Crippen LogP contribution in [-0.2, 0) is 4.79 Å². The van der Waals surface area contributed by atoms with E-state index in [1.165, 1.54) is 12.8 Å². The third kappa shape index (κ3) is 8.28. The number of ether oxygens (including phenoxy) is 2. The highest BCUT2D eigenvalue weighted by atomic mass is 79.9. The normalized spacial score (nSPS) is 10.4. The number of carbonyl (C=O) groups is 2. The fraction of sp³-hybridized carbons (Fsp3) is 0.333. The van der Waals surface area contributed by atoms with Gasteiger partial charge in [-0.05, 0) is 74.7 Å². The summed E-state index contributed by atoms with van der Waals surface area (Å²) in [5.74, 6) is 0.280. The maximum absolute atomic E-state index is 12.3. The second-order valence-electron chi connectivity index (χ2n) is 6.42. The molecule has 0 atom stereocenters. The Hall–Kier alpha value is -1.58. The second kappa shape index (κ2) is 13.0. The summed E-state index contributed by atoms with van der Waals surface area (Å²) in [7, 11) is 0. The monoisotopic (exact) mass is 604 g/mol. The van der Waals surface area contributed by atoms with E-state index in [2.05, 4.69) is 65.6 Å². The number of amides is 2. The molecule has 0 unspecified atom stereocenters. The van der Waals surface area contributed by atoms with Gasteiger partial charge in [0.2, 0.25) is 0 Å². The van der Waals surface area contributed by atoms with Gasteiger partial charge in [0.1, 0.15) is 11.5 Å². The minimum atomic E-state index is -0.482. The maximum atomic E-state index is 12.3. The van der Waals surface area contributed by atoms with E-state index >= 15 is 0 Å². The lowest BCUT2D eigenvalue weighted by atomic mass is 10.2. The minimum Gasteiger partial charge on any atom is -0.492 e. The van der Waals surface area contributed by atoms with E-state index in [4.69, 9.17) is 9.47 Å². The van der Waals surface area contributed by atoms with Gasteiger partial charge in [-0.1, -0.05) is 42.1 Å². The van der Waals surface area contributed by atoms with Crippen molar-refractivity contribution in [3.63, 3.8) is 0 Å². The first-order chi connectivity index (χ1) is 14.4. The number of hydrogen-bond acceptors (Lipinski definition) is 4. The van der Waals surface area contributed by atoms with Crippen molar-refractivity contribution in [1.29, 1.82) is 0 Å². The average Bonchev–Trinajstić information content (AvgIpc) is 2.72. The molecule has 0 aliphatic carbocycles. The van der Waals surface area contributed by atoms with Crippen LogP contribution in [0.2, 0.25) is 0 Å². The number of benzene rings is 2. The van der Waals surface area contributed by atoms with E-state index in [9.17, 15) is 9.59 Å². The van der Waals surface area contributed by atoms with Gasteiger partial charge in [-0.3, -0.25) is 20.4 Å². The molecule has 30 heavy (non-hydrogen) atoms. The van der Waals surface area contributed by atoms with Crippen LogP contribution in [0.25, 0.3) is 0 Å². The molecule has 2 aromatic rings. The van der Waals surface area contributed by atoms with Gasteiger partial charge >= 0.3 is 0 Å². The van der Waals surface area contributed by atoms with Gasteiger partial charge in [-0.15, -0.1) is 0 Å². The molecule has 0 bridgehead atoms. The van der Waals surface area contributed by atoms with Crippen molar-refractivity contribution in [2.45, 2.75) is 32.6 Å². The lowest BCUT2D eigenvalue weighted by molar-refractivity contribution is -0.123. The Labute approximate surface area is 201 Å². The molecule has 0 saturated heterocycles. The smallest absolute Gasteiger partial charge is 0.276 e. The maximum Gasteiger partial charge on any atom is 0.276 e. The zero-order chi connectivity index (χ0) is 21.9. The molecular weight excluding hydrogens is 584 g/mol. The van der Waals surface area contributed by atoms with Crippen molar-refractivity contribution in [3.05, 3.63) is 55.4 Å². The van der Waals surface area contributed by atoms with Crippen molar-refractivity contribution >= 4 is 59.6 Å². The number of hydrogen-bond donors (Lipinski definition) is 2. The Morgan fingerprint density at radius 3 is 2.27 bits per heavy atom. The summed E-state index contributed by atoms with van der Waals surface area (Å²) in [6.07, 6.45) is 4.50. The summed E-state index contributed by atoms with van der Waals surface area (Å²) in [6, 6.07) is 10.4. The summed E-state index contributed by atoms with van der Waals surface area (Å²) < 4.78 is 13.5. The van der Waals surface area contributed by atoms with Gasteiger partial charge in [-0.25, -0.2) is 0 Å². The number of hydrazine groups is 1. The van der Waals surface area contributed by atoms with E-state index in [1.54, 1.807) is 30.3 Å². The molecule has 0 aliphatic heterocycles. The highest BCUT2D eigenvalue weighted by Crippen LogP contribution is 2.28. The molecule has 0 saturated carbocycles. The molecule has 0 aromatic heterocycles. The molecule has 6 nitrogen and oxygen atoms in total. The molecular formula is C21H23Br3N2O4. The highest BCUT2D eigenvalue weighted by molar-refractivity contribution is 9.11. The third-order valence-corrected chi connectivity index (χ3v) is 5.75. The van der Waals surface area contributed by atoms with Crippen molar-refractivity contribution < 1.29 is 19.1 Å². The lowest BCUT2D eigenvalue weighted by Crippen LogP contribution is -2.43. The largest absolute Gasteiger partial charge is 0.492 e. The predicted molar refractivity (Wildman–Crippen MR) is 127 cm³/mol. The number of halogens is 3. The van der Waals surface area contributed by atoms with Crippen molar-refractivity contribution in [2.75, 3.05) is 13.2 Å². The van der Waals surface area contributed by atoms with E-state index in [-0.39, 0.29) is 6.61 Å². The van der Waals surface area contributed by atoms with Crippen LogP contribution >= 0.6 is 47.8 Å². The standard InChI is InChI=1S/C21H23Br3N2O4/c1-2-3-4-5-10-29-18-8-6-14(11-16(18)23)21(28)26-25-20(27)13-30-19-9-7-15(22)12-17(19)24/h6-9,11-12H,2-5,10,13H2,1H3,(H,25,27)(H,26,28). The summed E-state index contributed by atoms with van der Waals surface area (Å²) in [5.41, 5.74) is 5.09. The SMILES string of the molecule is CCCCCCOc1ccc(C(=O)NNC(=O)COc2ccc(Br)cc2Br)cc1Br. The quantitative estimate of drug-likeness (QED) is 0.266. The number of nitrogens with one attached hydrogen (secondary N) is 2. The predicted octanol–water partition coefficient (Wildman–Crippen LogP) is 5.77. The molecule has 2 aromatic carbocycles. The van der Waals surface area contributed by atoms with Crippen LogP contribution in [0.5, 0.6) is 11.5 Å². The Kier molecular flexibility index (Phi) is 10.7. The van der Waals surface area contributed by atoms with E-state index in [1.807, 2.05) is 6.07 Å². The Morgan fingerprint density at radius 1 is 0.867 bits per heavy atom. The fourth-order valence-electron chi connectivity index (χ4n) is 2.44. The van der Waals surface area contributed by atoms with Crippen LogP contribution in [-0.4, -0.2) is 25.0 Å². The average molecular weight is 607 g/mol. The molecule has 2 N–H and O–H groups in total. The molecule has 2 rings (SSSR count). The van der Waals surface area contributed by atoms with Crippen LogP contribution in [0.3, 0.4) is 0 Å². The van der Waals surface area contributed by atoms with Crippen molar-refractivity contribution in [1.82, 2.24) is 10.9 Å². The molecule has 0 aliphatic rings. The molecule has 0 radical (unpaired) electrons. The van der Waals surface area contributed by atoms with Gasteiger partial charge in [0.25, 0.3) is 11.8 Å². The zero-order valence-electron chi connectivity index (χ0n) is 16.5. The van der Waals surface area contributed by atoms with Crippen molar-refractivity contribution in [3.8, 4) is 11.5 Å². The summed E-state index contributed by atoms with van der Waals surface area (Å²) in [5, 5.41) is 0. The summed E-state index contributed by atoms with van der Waals surface area (Å²) >= 11 is 10.1. The first kappa shape index (κ1) is 24.7. The first-order valence-electron chi connectivity index (χ1n) is 9.50. The number of unbranched alkanes of at least 4 members (excludes halogenated alkanes) is 3. The van der Waals surface area contributed by atoms with Crippen LogP contribution in [0.1, 0.15) is 43.0 Å². The third-order valence-electron chi connectivity index (χ3n) is 4.02. The van der Waals surface area contributed by atoms with Crippen LogP contribution < -0.4 is 20.3 Å². The van der Waals surface area contributed by atoms with Gasteiger partial charge in [-0.2, -0.15) is 0 Å². The van der Waals surface area contributed by atoms with Crippen LogP contribution in [0.15, 0.2) is 49.8 Å². The molecule has 0 heterocycles. The molecule has 2 amide bonds. The van der Waals surface area contributed by atoms with Gasteiger partial charge in [0.05, 0.1) is 15.6 Å². The zero-order valence-corrected chi connectivity index (χ0v) is 21.2. The number of carbonyl (C=O) groups excluding carboxylic acids is 2. The van der Waals surface area contributed by atoms with E-state index in [0.717, 1.165) is 17.3 Å². The Morgan fingerprint density at radius 2 is 1.57 bits per heavy atom. The Bertz CT molecular complexity index is 877. The van der Waals surface area contributed by atoms with E-state index < -0.39 is 11.8 Å². The summed E-state index contributed by atoms with van der Waals surface area (Å²) in [6.45, 7) is 2.56. The second-order valence-corrected chi connectivity index (χ2v) is 9.04. The van der Waals surface area contributed by atoms with Crippen molar-refractivity contribution in [2.24, 2.45) is 0 Å². The number of rotatable bonds is 10. The van der Waals surface area contributed by atoms with E-state index in [0.29, 0.717) is 32.6 Å². The summed E-state index contributed by atoms with van der Waals surface area (Å²) in [4.78, 5) is 24.2.